The van der Waals surface area contributed by atoms with Crippen molar-refractivity contribution in [3.63, 3.8) is 0 Å². The molecule has 0 heterocycles. The molecular weight excluding hydrogens is 259 g/mol. The normalized spacial score (nSPS) is 10.5. The highest BCUT2D eigenvalue weighted by atomic mass is 35.5. The third kappa shape index (κ3) is 3.00. The second-order valence-electron chi connectivity index (χ2n) is 3.46. The summed E-state index contributed by atoms with van der Waals surface area (Å²) in [7, 11) is 0. The Balaban J connectivity index is 2.28. The maximum absolute atomic E-state index is 13.7. The van der Waals surface area contributed by atoms with Crippen molar-refractivity contribution in [2.75, 3.05) is 0 Å². The second kappa shape index (κ2) is 5.54. The quantitative estimate of drug-likeness (QED) is 0.903. The van der Waals surface area contributed by atoms with E-state index in [0.717, 1.165) is 4.90 Å². The van der Waals surface area contributed by atoms with Gasteiger partial charge in [0.1, 0.15) is 5.82 Å². The van der Waals surface area contributed by atoms with Crippen LogP contribution in [-0.4, -0.2) is 5.11 Å². The Hall–Kier alpha value is -1.03. The van der Waals surface area contributed by atoms with Crippen molar-refractivity contribution in [1.29, 1.82) is 0 Å². The molecule has 0 aliphatic heterocycles. The van der Waals surface area contributed by atoms with Gasteiger partial charge in [0, 0.05) is 9.79 Å². The fraction of sp³-hybridized carbons (Fsp3) is 0.0769. The number of hydrogen-bond donors (Lipinski definition) is 1. The zero-order chi connectivity index (χ0) is 12.3. The molecule has 0 aromatic heterocycles. The minimum atomic E-state index is -0.346. The van der Waals surface area contributed by atoms with Crippen LogP contribution >= 0.6 is 23.4 Å². The van der Waals surface area contributed by atoms with Crippen LogP contribution in [0.25, 0.3) is 0 Å². The summed E-state index contributed by atoms with van der Waals surface area (Å²) in [5.41, 5.74) is 0.561. The Kier molecular flexibility index (Phi) is 4.05. The van der Waals surface area contributed by atoms with Crippen LogP contribution in [0.15, 0.2) is 52.3 Å². The van der Waals surface area contributed by atoms with E-state index in [1.807, 2.05) is 18.2 Å². The minimum absolute atomic E-state index is 0.159. The van der Waals surface area contributed by atoms with Crippen molar-refractivity contribution < 1.29 is 9.50 Å². The fourth-order valence-electron chi connectivity index (χ4n) is 1.37. The van der Waals surface area contributed by atoms with Gasteiger partial charge in [-0.1, -0.05) is 41.6 Å². The highest BCUT2D eigenvalue weighted by molar-refractivity contribution is 7.99. The second-order valence-corrected chi connectivity index (χ2v) is 4.95. The average Bonchev–Trinajstić information content (AvgIpc) is 2.34. The lowest BCUT2D eigenvalue weighted by Crippen LogP contribution is -1.87. The lowest BCUT2D eigenvalue weighted by Gasteiger charge is -2.06. The summed E-state index contributed by atoms with van der Waals surface area (Å²) in [4.78, 5) is 1.31. The van der Waals surface area contributed by atoms with E-state index in [1.165, 1.54) is 17.8 Å². The van der Waals surface area contributed by atoms with Crippen molar-refractivity contribution in [2.24, 2.45) is 0 Å². The molecular formula is C13H10ClFOS. The van der Waals surface area contributed by atoms with E-state index in [0.29, 0.717) is 15.5 Å². The molecule has 2 rings (SSSR count). The predicted molar refractivity (Wildman–Crippen MR) is 67.9 cm³/mol. The van der Waals surface area contributed by atoms with Gasteiger partial charge in [0.25, 0.3) is 0 Å². The van der Waals surface area contributed by atoms with E-state index in [-0.39, 0.29) is 12.4 Å². The number of rotatable bonds is 3. The van der Waals surface area contributed by atoms with Gasteiger partial charge in [-0.2, -0.15) is 0 Å². The molecule has 0 amide bonds. The van der Waals surface area contributed by atoms with Gasteiger partial charge in [0.2, 0.25) is 0 Å². The molecule has 0 unspecified atom stereocenters. The molecule has 2 aromatic rings. The zero-order valence-corrected chi connectivity index (χ0v) is 10.4. The summed E-state index contributed by atoms with van der Waals surface area (Å²) in [5.74, 6) is -0.346. The van der Waals surface area contributed by atoms with Gasteiger partial charge in [-0.15, -0.1) is 0 Å². The summed E-state index contributed by atoms with van der Waals surface area (Å²) in [6, 6.07) is 12.0. The molecule has 0 spiro atoms. The number of benzene rings is 2. The van der Waals surface area contributed by atoms with Crippen molar-refractivity contribution in [2.45, 2.75) is 16.4 Å². The Labute approximate surface area is 108 Å². The van der Waals surface area contributed by atoms with Crippen molar-refractivity contribution in [3.8, 4) is 0 Å². The standard InChI is InChI=1S/C13H10ClFOS/c14-10-3-1-2-4-12(10)17-13-6-5-9(8-16)7-11(13)15/h1-7,16H,8H2. The third-order valence-corrected chi connectivity index (χ3v) is 3.80. The van der Waals surface area contributed by atoms with E-state index in [9.17, 15) is 4.39 Å². The van der Waals surface area contributed by atoms with Gasteiger partial charge < -0.3 is 5.11 Å². The molecule has 0 bridgehead atoms. The molecule has 0 atom stereocenters. The first-order valence-corrected chi connectivity index (χ1v) is 6.22. The van der Waals surface area contributed by atoms with E-state index >= 15 is 0 Å². The predicted octanol–water partition coefficient (Wildman–Crippen LogP) is 4.12. The maximum Gasteiger partial charge on any atom is 0.137 e. The summed E-state index contributed by atoms with van der Waals surface area (Å²) >= 11 is 7.27. The first kappa shape index (κ1) is 12.4. The van der Waals surface area contributed by atoms with Crippen LogP contribution in [-0.2, 0) is 6.61 Å². The molecule has 1 nitrogen and oxygen atoms in total. The maximum atomic E-state index is 13.7. The third-order valence-electron chi connectivity index (χ3n) is 2.24. The first-order valence-electron chi connectivity index (χ1n) is 5.02. The largest absolute Gasteiger partial charge is 0.392 e. The first-order chi connectivity index (χ1) is 8.20. The van der Waals surface area contributed by atoms with E-state index in [1.54, 1.807) is 18.2 Å². The number of aliphatic hydroxyl groups excluding tert-OH is 1. The van der Waals surface area contributed by atoms with E-state index < -0.39 is 0 Å². The summed E-state index contributed by atoms with van der Waals surface area (Å²) < 4.78 is 13.7. The lowest BCUT2D eigenvalue weighted by molar-refractivity contribution is 0.281. The van der Waals surface area contributed by atoms with Crippen molar-refractivity contribution in [3.05, 3.63) is 58.9 Å². The van der Waals surface area contributed by atoms with Gasteiger partial charge in [0.15, 0.2) is 0 Å². The van der Waals surface area contributed by atoms with Crippen LogP contribution in [0.3, 0.4) is 0 Å². The Morgan fingerprint density at radius 3 is 2.53 bits per heavy atom. The van der Waals surface area contributed by atoms with Gasteiger partial charge >= 0.3 is 0 Å². The molecule has 0 aliphatic carbocycles. The Bertz CT molecular complexity index is 531. The zero-order valence-electron chi connectivity index (χ0n) is 8.86. The van der Waals surface area contributed by atoms with Crippen LogP contribution < -0.4 is 0 Å². The average molecular weight is 269 g/mol. The molecule has 88 valence electrons. The monoisotopic (exact) mass is 268 g/mol. The minimum Gasteiger partial charge on any atom is -0.392 e. The highest BCUT2D eigenvalue weighted by Crippen LogP contribution is 2.34. The van der Waals surface area contributed by atoms with Crippen LogP contribution in [0.2, 0.25) is 5.02 Å². The summed E-state index contributed by atoms with van der Waals surface area (Å²) in [6.07, 6.45) is 0. The number of hydrogen-bond acceptors (Lipinski definition) is 2. The van der Waals surface area contributed by atoms with Gasteiger partial charge in [-0.05, 0) is 29.8 Å². The van der Waals surface area contributed by atoms with Crippen LogP contribution in [0.1, 0.15) is 5.56 Å². The number of halogens is 2. The van der Waals surface area contributed by atoms with Crippen molar-refractivity contribution in [1.82, 2.24) is 0 Å². The molecule has 0 radical (unpaired) electrons. The van der Waals surface area contributed by atoms with Crippen molar-refractivity contribution >= 4 is 23.4 Å². The molecule has 4 heteroatoms. The highest BCUT2D eigenvalue weighted by Gasteiger charge is 2.07. The van der Waals surface area contributed by atoms with Gasteiger partial charge in [0.05, 0.1) is 11.6 Å². The molecule has 17 heavy (non-hydrogen) atoms. The number of aliphatic hydroxyl groups is 1. The molecule has 1 N–H and O–H groups in total. The van der Waals surface area contributed by atoms with Crippen LogP contribution in [0.5, 0.6) is 0 Å². The SMILES string of the molecule is OCc1ccc(Sc2ccccc2Cl)c(F)c1. The summed E-state index contributed by atoms with van der Waals surface area (Å²) in [5, 5.41) is 9.49. The van der Waals surface area contributed by atoms with Crippen LogP contribution in [0, 0.1) is 5.82 Å². The van der Waals surface area contributed by atoms with E-state index in [2.05, 4.69) is 0 Å². The lowest BCUT2D eigenvalue weighted by atomic mass is 10.2. The molecule has 0 fully saturated rings. The van der Waals surface area contributed by atoms with Gasteiger partial charge in [-0.3, -0.25) is 0 Å². The van der Waals surface area contributed by atoms with E-state index in [4.69, 9.17) is 16.7 Å². The Morgan fingerprint density at radius 1 is 1.12 bits per heavy atom. The molecule has 2 aromatic carbocycles. The van der Waals surface area contributed by atoms with Gasteiger partial charge in [-0.25, -0.2) is 4.39 Å². The van der Waals surface area contributed by atoms with Crippen LogP contribution in [0.4, 0.5) is 4.39 Å². The summed E-state index contributed by atoms with van der Waals surface area (Å²) in [6.45, 7) is -0.159. The molecule has 0 saturated carbocycles. The molecule has 0 aliphatic rings. The fourth-order valence-corrected chi connectivity index (χ4v) is 2.46. The topological polar surface area (TPSA) is 20.2 Å². The molecule has 0 saturated heterocycles. The smallest absolute Gasteiger partial charge is 0.137 e. The Morgan fingerprint density at radius 2 is 1.88 bits per heavy atom.